The van der Waals surface area contributed by atoms with Gasteiger partial charge in [-0.15, -0.1) is 0 Å². The van der Waals surface area contributed by atoms with Gasteiger partial charge in [0.2, 0.25) is 15.9 Å². The minimum absolute atomic E-state index is 0.0230. The van der Waals surface area contributed by atoms with Gasteiger partial charge in [-0.1, -0.05) is 18.2 Å². The molecule has 1 amide bonds. The number of carbonyl (C=O) groups is 3. The first-order valence-corrected chi connectivity index (χ1v) is 11.6. The van der Waals surface area contributed by atoms with Crippen molar-refractivity contribution in [3.05, 3.63) is 59.7 Å². The van der Waals surface area contributed by atoms with Crippen LogP contribution in [0.3, 0.4) is 0 Å². The van der Waals surface area contributed by atoms with Crippen LogP contribution in [0.25, 0.3) is 0 Å². The number of methoxy groups -OCH3 is 2. The van der Waals surface area contributed by atoms with Gasteiger partial charge >= 0.3 is 11.9 Å². The lowest BCUT2D eigenvalue weighted by Gasteiger charge is -2.33. The van der Waals surface area contributed by atoms with Gasteiger partial charge in [0.05, 0.1) is 36.8 Å². The summed E-state index contributed by atoms with van der Waals surface area (Å²) in [5.74, 6) is -1.69. The van der Waals surface area contributed by atoms with Crippen LogP contribution in [-0.4, -0.2) is 82.4 Å². The summed E-state index contributed by atoms with van der Waals surface area (Å²) in [5, 5.41) is 2.67. The number of benzene rings is 2. The molecule has 10 nitrogen and oxygen atoms in total. The SMILES string of the molecule is COC(=O)c1cc(NC(=O)CN2CCN(S(=O)(=O)c3ccccc3)CC2)cc(C(=O)OC)c1. The van der Waals surface area contributed by atoms with Crippen LogP contribution in [0.1, 0.15) is 20.7 Å². The number of rotatable bonds is 7. The summed E-state index contributed by atoms with van der Waals surface area (Å²) in [6, 6.07) is 12.3. The third-order valence-corrected chi connectivity index (χ3v) is 7.05. The fourth-order valence-corrected chi connectivity index (χ4v) is 4.89. The number of hydrogen-bond acceptors (Lipinski definition) is 8. The number of ether oxygens (including phenoxy) is 2. The van der Waals surface area contributed by atoms with E-state index in [1.807, 2.05) is 4.90 Å². The number of anilines is 1. The summed E-state index contributed by atoms with van der Waals surface area (Å²) < 4.78 is 36.2. The first-order chi connectivity index (χ1) is 15.7. The lowest BCUT2D eigenvalue weighted by Crippen LogP contribution is -2.50. The standard InChI is InChI=1S/C22H25N3O7S/c1-31-21(27)16-12-17(22(28)32-2)14-18(13-16)23-20(26)15-24-8-10-25(11-9-24)33(29,30)19-6-4-3-5-7-19/h3-7,12-14H,8-11,15H2,1-2H3,(H,23,26). The van der Waals surface area contributed by atoms with Crippen LogP contribution in [0.15, 0.2) is 53.4 Å². The normalized spacial score (nSPS) is 15.0. The fourth-order valence-electron chi connectivity index (χ4n) is 3.44. The number of carbonyl (C=O) groups excluding carboxylic acids is 3. The Hall–Kier alpha value is -3.28. The van der Waals surface area contributed by atoms with Crippen LogP contribution in [0.4, 0.5) is 5.69 Å². The van der Waals surface area contributed by atoms with Crippen LogP contribution in [-0.2, 0) is 24.3 Å². The summed E-state index contributed by atoms with van der Waals surface area (Å²) in [6.45, 7) is 1.31. The zero-order chi connectivity index (χ0) is 24.0. The Balaban J connectivity index is 1.62. The molecule has 0 unspecified atom stereocenters. The Morgan fingerprint density at radius 1 is 0.879 bits per heavy atom. The van der Waals surface area contributed by atoms with Gasteiger partial charge in [0.1, 0.15) is 0 Å². The Bertz CT molecular complexity index is 1090. The van der Waals surface area contributed by atoms with Crippen molar-refractivity contribution in [1.82, 2.24) is 9.21 Å². The predicted octanol–water partition coefficient (Wildman–Crippen LogP) is 1.20. The molecule has 2 aromatic carbocycles. The minimum Gasteiger partial charge on any atom is -0.465 e. The number of piperazine rings is 1. The van der Waals surface area contributed by atoms with Crippen LogP contribution >= 0.6 is 0 Å². The zero-order valence-electron chi connectivity index (χ0n) is 18.3. The molecular formula is C22H25N3O7S. The lowest BCUT2D eigenvalue weighted by atomic mass is 10.1. The van der Waals surface area contributed by atoms with Crippen molar-refractivity contribution in [2.24, 2.45) is 0 Å². The average molecular weight is 476 g/mol. The molecule has 1 fully saturated rings. The van der Waals surface area contributed by atoms with E-state index < -0.39 is 22.0 Å². The molecule has 1 aliphatic rings. The quantitative estimate of drug-likeness (QED) is 0.593. The van der Waals surface area contributed by atoms with Crippen LogP contribution in [0.5, 0.6) is 0 Å². The van der Waals surface area contributed by atoms with Gasteiger partial charge in [0, 0.05) is 31.9 Å². The molecule has 0 atom stereocenters. The number of hydrogen-bond donors (Lipinski definition) is 1. The molecule has 1 aliphatic heterocycles. The smallest absolute Gasteiger partial charge is 0.337 e. The highest BCUT2D eigenvalue weighted by Crippen LogP contribution is 2.19. The van der Waals surface area contributed by atoms with E-state index in [2.05, 4.69) is 14.8 Å². The Morgan fingerprint density at radius 2 is 1.42 bits per heavy atom. The highest BCUT2D eigenvalue weighted by atomic mass is 32.2. The second kappa shape index (κ2) is 10.6. The number of amides is 1. The second-order valence-electron chi connectivity index (χ2n) is 7.32. The van der Waals surface area contributed by atoms with E-state index in [4.69, 9.17) is 0 Å². The molecule has 1 N–H and O–H groups in total. The topological polar surface area (TPSA) is 122 Å². The van der Waals surface area contributed by atoms with Gasteiger partial charge in [-0.2, -0.15) is 4.31 Å². The molecule has 0 aromatic heterocycles. The lowest BCUT2D eigenvalue weighted by molar-refractivity contribution is -0.117. The van der Waals surface area contributed by atoms with E-state index in [9.17, 15) is 22.8 Å². The molecule has 0 aliphatic carbocycles. The third-order valence-electron chi connectivity index (χ3n) is 5.14. The van der Waals surface area contributed by atoms with Crippen molar-refractivity contribution < 1.29 is 32.3 Å². The minimum atomic E-state index is -3.57. The molecule has 3 rings (SSSR count). The summed E-state index contributed by atoms with van der Waals surface area (Å²) in [6.07, 6.45) is 0. The van der Waals surface area contributed by atoms with E-state index in [0.717, 1.165) is 0 Å². The van der Waals surface area contributed by atoms with Crippen molar-refractivity contribution >= 4 is 33.6 Å². The zero-order valence-corrected chi connectivity index (χ0v) is 19.1. The maximum Gasteiger partial charge on any atom is 0.337 e. The van der Waals surface area contributed by atoms with Gasteiger partial charge < -0.3 is 14.8 Å². The fraction of sp³-hybridized carbons (Fsp3) is 0.318. The largest absolute Gasteiger partial charge is 0.465 e. The summed E-state index contributed by atoms with van der Waals surface area (Å²) in [7, 11) is -1.15. The number of sulfonamides is 1. The predicted molar refractivity (Wildman–Crippen MR) is 119 cm³/mol. The Labute approximate surface area is 192 Å². The third kappa shape index (κ3) is 5.95. The monoisotopic (exact) mass is 475 g/mol. The molecule has 11 heteroatoms. The molecule has 2 aromatic rings. The van der Waals surface area contributed by atoms with Crippen molar-refractivity contribution in [3.8, 4) is 0 Å². The van der Waals surface area contributed by atoms with Crippen LogP contribution in [0, 0.1) is 0 Å². The average Bonchev–Trinajstić information content (AvgIpc) is 2.83. The first kappa shape index (κ1) is 24.4. The van der Waals surface area contributed by atoms with Gasteiger partial charge in [-0.05, 0) is 30.3 Å². The summed E-state index contributed by atoms with van der Waals surface area (Å²) >= 11 is 0. The van der Waals surface area contributed by atoms with Gasteiger partial charge in [0.15, 0.2) is 0 Å². The van der Waals surface area contributed by atoms with E-state index in [-0.39, 0.29) is 47.3 Å². The molecular weight excluding hydrogens is 450 g/mol. The van der Waals surface area contributed by atoms with E-state index in [1.54, 1.807) is 30.3 Å². The molecule has 0 radical (unpaired) electrons. The Morgan fingerprint density at radius 3 is 1.94 bits per heavy atom. The van der Waals surface area contributed by atoms with E-state index >= 15 is 0 Å². The highest BCUT2D eigenvalue weighted by Gasteiger charge is 2.29. The van der Waals surface area contributed by atoms with E-state index in [0.29, 0.717) is 13.1 Å². The maximum absolute atomic E-state index is 12.7. The summed E-state index contributed by atoms with van der Waals surface area (Å²) in [4.78, 5) is 38.4. The molecule has 0 spiro atoms. The van der Waals surface area contributed by atoms with Gasteiger partial charge in [-0.25, -0.2) is 18.0 Å². The van der Waals surface area contributed by atoms with Crippen molar-refractivity contribution in [2.45, 2.75) is 4.90 Å². The second-order valence-corrected chi connectivity index (χ2v) is 9.26. The molecule has 0 saturated carbocycles. The van der Waals surface area contributed by atoms with Crippen LogP contribution < -0.4 is 5.32 Å². The highest BCUT2D eigenvalue weighted by molar-refractivity contribution is 7.89. The molecule has 1 heterocycles. The van der Waals surface area contributed by atoms with Crippen molar-refractivity contribution in [3.63, 3.8) is 0 Å². The number of esters is 2. The summed E-state index contributed by atoms with van der Waals surface area (Å²) in [5.41, 5.74) is 0.430. The molecule has 176 valence electrons. The van der Waals surface area contributed by atoms with Crippen molar-refractivity contribution in [2.75, 3.05) is 52.3 Å². The van der Waals surface area contributed by atoms with Crippen LogP contribution in [0.2, 0.25) is 0 Å². The van der Waals surface area contributed by atoms with E-state index in [1.165, 1.54) is 36.7 Å². The van der Waals surface area contributed by atoms with Crippen molar-refractivity contribution in [1.29, 1.82) is 0 Å². The first-order valence-electron chi connectivity index (χ1n) is 10.1. The Kier molecular flexibility index (Phi) is 7.79. The number of nitrogens with one attached hydrogen (secondary N) is 1. The number of nitrogens with zero attached hydrogens (tertiary/aromatic N) is 2. The van der Waals surface area contributed by atoms with Gasteiger partial charge in [-0.3, -0.25) is 9.69 Å². The molecule has 33 heavy (non-hydrogen) atoms. The maximum atomic E-state index is 12.7. The molecule has 0 bridgehead atoms. The van der Waals surface area contributed by atoms with Gasteiger partial charge in [0.25, 0.3) is 0 Å². The molecule has 1 saturated heterocycles.